The Kier molecular flexibility index (Phi) is 10.6. The summed E-state index contributed by atoms with van der Waals surface area (Å²) in [4.78, 5) is 35.2. The number of ether oxygens (including phenoxy) is 3. The standard InChI is InChI=1S/C20H36N2O6/c1-14(2)16(23)26-13-15(22-18(25)28-20(6,7)8)11-9-10-12-21-17(24)27-19(3,4)5/h15H,1,9-13H2,2-8H3,(H,21,24)(H,22,25)/t15-/m0/s1. The van der Waals surface area contributed by atoms with Crippen LogP contribution in [0.5, 0.6) is 0 Å². The molecule has 2 amide bonds. The lowest BCUT2D eigenvalue weighted by molar-refractivity contribution is -0.139. The molecular formula is C20H36N2O6. The number of hydrogen-bond acceptors (Lipinski definition) is 6. The zero-order chi connectivity index (χ0) is 22.0. The van der Waals surface area contributed by atoms with Gasteiger partial charge in [-0.2, -0.15) is 0 Å². The normalized spacial score (nSPS) is 12.5. The lowest BCUT2D eigenvalue weighted by Crippen LogP contribution is -2.42. The summed E-state index contributed by atoms with van der Waals surface area (Å²) in [6, 6.07) is -0.403. The Balaban J connectivity index is 4.43. The molecule has 0 aliphatic rings. The Morgan fingerprint density at radius 2 is 1.46 bits per heavy atom. The van der Waals surface area contributed by atoms with Crippen molar-refractivity contribution < 1.29 is 28.6 Å². The van der Waals surface area contributed by atoms with Crippen molar-refractivity contribution in [2.45, 2.75) is 85.0 Å². The van der Waals surface area contributed by atoms with Crippen LogP contribution in [0.1, 0.15) is 67.7 Å². The number of esters is 1. The maximum Gasteiger partial charge on any atom is 0.407 e. The summed E-state index contributed by atoms with van der Waals surface area (Å²) in [5.41, 5.74) is -0.877. The third-order valence-electron chi connectivity index (χ3n) is 3.13. The van der Waals surface area contributed by atoms with E-state index in [1.807, 2.05) is 0 Å². The van der Waals surface area contributed by atoms with Gasteiger partial charge in [0.05, 0.1) is 6.04 Å². The van der Waals surface area contributed by atoms with Crippen molar-refractivity contribution in [2.75, 3.05) is 13.2 Å². The molecule has 0 unspecified atom stereocenters. The van der Waals surface area contributed by atoms with E-state index in [9.17, 15) is 14.4 Å². The van der Waals surface area contributed by atoms with Crippen LogP contribution in [-0.4, -0.2) is 48.6 Å². The third-order valence-corrected chi connectivity index (χ3v) is 3.13. The zero-order valence-corrected chi connectivity index (χ0v) is 18.3. The highest BCUT2D eigenvalue weighted by Crippen LogP contribution is 2.09. The predicted octanol–water partition coefficient (Wildman–Crippen LogP) is 3.69. The molecule has 0 aliphatic carbocycles. The van der Waals surface area contributed by atoms with Crippen molar-refractivity contribution in [2.24, 2.45) is 0 Å². The van der Waals surface area contributed by atoms with Crippen LogP contribution in [-0.2, 0) is 19.0 Å². The maximum absolute atomic E-state index is 12.0. The largest absolute Gasteiger partial charge is 0.460 e. The first-order chi connectivity index (χ1) is 12.7. The Morgan fingerprint density at radius 3 is 1.96 bits per heavy atom. The fourth-order valence-electron chi connectivity index (χ4n) is 1.99. The van der Waals surface area contributed by atoms with Gasteiger partial charge in [0.1, 0.15) is 17.8 Å². The number of carbonyl (C=O) groups excluding carboxylic acids is 3. The fourth-order valence-corrected chi connectivity index (χ4v) is 1.99. The Labute approximate surface area is 168 Å². The van der Waals surface area contributed by atoms with Crippen LogP contribution in [0, 0.1) is 0 Å². The molecule has 0 spiro atoms. The molecule has 0 saturated carbocycles. The van der Waals surface area contributed by atoms with Gasteiger partial charge in [0, 0.05) is 12.1 Å². The quantitative estimate of drug-likeness (QED) is 0.265. The summed E-state index contributed by atoms with van der Waals surface area (Å²) in [7, 11) is 0. The maximum atomic E-state index is 12.0. The van der Waals surface area contributed by atoms with Crippen molar-refractivity contribution in [3.63, 3.8) is 0 Å². The van der Waals surface area contributed by atoms with Gasteiger partial charge in [0.2, 0.25) is 0 Å². The molecule has 28 heavy (non-hydrogen) atoms. The third kappa shape index (κ3) is 14.9. The van der Waals surface area contributed by atoms with E-state index in [-0.39, 0.29) is 12.2 Å². The van der Waals surface area contributed by atoms with Crippen LogP contribution in [0.3, 0.4) is 0 Å². The average molecular weight is 401 g/mol. The molecule has 0 fully saturated rings. The molecule has 0 rings (SSSR count). The van der Waals surface area contributed by atoms with Crippen molar-refractivity contribution in [1.29, 1.82) is 0 Å². The number of alkyl carbamates (subject to hydrolysis) is 2. The first-order valence-corrected chi connectivity index (χ1v) is 9.48. The molecule has 0 aromatic carbocycles. The van der Waals surface area contributed by atoms with Crippen molar-refractivity contribution >= 4 is 18.2 Å². The van der Waals surface area contributed by atoms with Gasteiger partial charge in [-0.15, -0.1) is 0 Å². The molecule has 0 aromatic rings. The van der Waals surface area contributed by atoms with Gasteiger partial charge in [-0.05, 0) is 67.7 Å². The van der Waals surface area contributed by atoms with E-state index in [0.717, 1.165) is 0 Å². The Hall–Kier alpha value is -2.25. The van der Waals surface area contributed by atoms with Gasteiger partial charge < -0.3 is 24.8 Å². The molecule has 2 N–H and O–H groups in total. The van der Waals surface area contributed by atoms with Crippen molar-refractivity contribution in [3.8, 4) is 0 Å². The van der Waals surface area contributed by atoms with Gasteiger partial charge in [0.25, 0.3) is 0 Å². The van der Waals surface area contributed by atoms with E-state index in [0.29, 0.717) is 25.8 Å². The minimum absolute atomic E-state index is 0.0183. The molecule has 0 aliphatic heterocycles. The SMILES string of the molecule is C=C(C)C(=O)OC[C@H](CCCCNC(=O)OC(C)(C)C)NC(=O)OC(C)(C)C. The molecule has 8 nitrogen and oxygen atoms in total. The van der Waals surface area contributed by atoms with Gasteiger partial charge >= 0.3 is 18.2 Å². The lowest BCUT2D eigenvalue weighted by atomic mass is 10.1. The molecule has 162 valence electrons. The van der Waals surface area contributed by atoms with E-state index < -0.39 is 35.4 Å². The number of unbranched alkanes of at least 4 members (excludes halogenated alkanes) is 1. The summed E-state index contributed by atoms with van der Waals surface area (Å²) in [6.45, 7) is 16.2. The highest BCUT2D eigenvalue weighted by molar-refractivity contribution is 5.86. The second-order valence-corrected chi connectivity index (χ2v) is 8.65. The topological polar surface area (TPSA) is 103 Å². The van der Waals surface area contributed by atoms with E-state index in [1.165, 1.54) is 0 Å². The molecule has 1 atom stereocenters. The van der Waals surface area contributed by atoms with Gasteiger partial charge in [-0.3, -0.25) is 0 Å². The number of carbonyl (C=O) groups is 3. The molecule has 0 saturated heterocycles. The van der Waals surface area contributed by atoms with Crippen LogP contribution >= 0.6 is 0 Å². The van der Waals surface area contributed by atoms with Gasteiger partial charge in [-0.25, -0.2) is 14.4 Å². The van der Waals surface area contributed by atoms with Crippen LogP contribution < -0.4 is 10.6 Å². The monoisotopic (exact) mass is 400 g/mol. The summed E-state index contributed by atoms with van der Waals surface area (Å²) in [6.07, 6.45) is 0.891. The lowest BCUT2D eigenvalue weighted by Gasteiger charge is -2.23. The highest BCUT2D eigenvalue weighted by Gasteiger charge is 2.21. The second-order valence-electron chi connectivity index (χ2n) is 8.65. The molecule has 0 radical (unpaired) electrons. The first kappa shape index (κ1) is 25.8. The Morgan fingerprint density at radius 1 is 0.929 bits per heavy atom. The molecule has 0 heterocycles. The van der Waals surface area contributed by atoms with Crippen LogP contribution in [0.25, 0.3) is 0 Å². The van der Waals surface area contributed by atoms with Crippen molar-refractivity contribution in [1.82, 2.24) is 10.6 Å². The number of rotatable bonds is 9. The fraction of sp³-hybridized carbons (Fsp3) is 0.750. The minimum Gasteiger partial charge on any atom is -0.460 e. The molecular weight excluding hydrogens is 364 g/mol. The van der Waals surface area contributed by atoms with Gasteiger partial charge in [-0.1, -0.05) is 6.58 Å². The summed E-state index contributed by atoms with van der Waals surface area (Å²) >= 11 is 0. The smallest absolute Gasteiger partial charge is 0.407 e. The van der Waals surface area contributed by atoms with E-state index in [4.69, 9.17) is 14.2 Å². The van der Waals surface area contributed by atoms with Crippen molar-refractivity contribution in [3.05, 3.63) is 12.2 Å². The zero-order valence-electron chi connectivity index (χ0n) is 18.3. The van der Waals surface area contributed by atoms with E-state index in [1.54, 1.807) is 48.5 Å². The molecule has 0 aromatic heterocycles. The average Bonchev–Trinajstić information content (AvgIpc) is 2.47. The van der Waals surface area contributed by atoms with Crippen LogP contribution in [0.2, 0.25) is 0 Å². The summed E-state index contributed by atoms with van der Waals surface area (Å²) in [5.74, 6) is -0.511. The number of nitrogens with one attached hydrogen (secondary N) is 2. The van der Waals surface area contributed by atoms with Crippen LogP contribution in [0.15, 0.2) is 12.2 Å². The number of hydrogen-bond donors (Lipinski definition) is 2. The second kappa shape index (κ2) is 11.6. The van der Waals surface area contributed by atoms with E-state index >= 15 is 0 Å². The summed E-state index contributed by atoms with van der Waals surface area (Å²) in [5, 5.41) is 5.40. The predicted molar refractivity (Wildman–Crippen MR) is 107 cm³/mol. The van der Waals surface area contributed by atoms with Crippen LogP contribution in [0.4, 0.5) is 9.59 Å². The van der Waals surface area contributed by atoms with E-state index in [2.05, 4.69) is 17.2 Å². The minimum atomic E-state index is -0.625. The Bertz CT molecular complexity index is 546. The van der Waals surface area contributed by atoms with Gasteiger partial charge in [0.15, 0.2) is 0 Å². The summed E-state index contributed by atoms with van der Waals surface area (Å²) < 4.78 is 15.6. The highest BCUT2D eigenvalue weighted by atomic mass is 16.6. The molecule has 0 bridgehead atoms. The molecule has 8 heteroatoms. The first-order valence-electron chi connectivity index (χ1n) is 9.48. The number of amides is 2.